The van der Waals surface area contributed by atoms with E-state index in [0.717, 1.165) is 16.3 Å². The van der Waals surface area contributed by atoms with Crippen molar-refractivity contribution in [3.8, 4) is 5.75 Å². The molecule has 6 nitrogen and oxygen atoms in total. The predicted molar refractivity (Wildman–Crippen MR) is 89.5 cm³/mol. The summed E-state index contributed by atoms with van der Waals surface area (Å²) in [4.78, 5) is 13.6. The van der Waals surface area contributed by atoms with E-state index in [9.17, 15) is 4.79 Å². The first-order valence-electron chi connectivity index (χ1n) is 6.95. The van der Waals surface area contributed by atoms with Gasteiger partial charge in [0.05, 0.1) is 20.0 Å². The van der Waals surface area contributed by atoms with Crippen LogP contribution in [0.25, 0.3) is 21.9 Å². The largest absolute Gasteiger partial charge is 0.490 e. The van der Waals surface area contributed by atoms with Gasteiger partial charge in [-0.1, -0.05) is 0 Å². The zero-order chi connectivity index (χ0) is 15.7. The minimum atomic E-state index is -0.439. The van der Waals surface area contributed by atoms with Crippen molar-refractivity contribution in [2.75, 3.05) is 27.3 Å². The molecule has 0 fully saturated rings. The van der Waals surface area contributed by atoms with E-state index in [1.807, 2.05) is 18.0 Å². The lowest BCUT2D eigenvalue weighted by Gasteiger charge is -2.18. The highest BCUT2D eigenvalue weighted by molar-refractivity contribution is 6.03. The van der Waals surface area contributed by atoms with E-state index >= 15 is 0 Å². The number of likely N-dealkylation sites (N-methyl/N-ethyl adjacent to an activating group) is 1. The normalized spacial score (nSPS) is 11.1. The van der Waals surface area contributed by atoms with Gasteiger partial charge in [-0.2, -0.15) is 0 Å². The van der Waals surface area contributed by atoms with Gasteiger partial charge in [-0.05, 0) is 24.7 Å². The summed E-state index contributed by atoms with van der Waals surface area (Å²) in [7, 11) is 3.43. The van der Waals surface area contributed by atoms with Gasteiger partial charge in [-0.15, -0.1) is 12.4 Å². The number of aliphatic hydroxyl groups excluding tert-OH is 1. The Morgan fingerprint density at radius 3 is 2.65 bits per heavy atom. The lowest BCUT2D eigenvalue weighted by molar-refractivity contribution is 0.218. The molecule has 0 bridgehead atoms. The van der Waals surface area contributed by atoms with Crippen LogP contribution < -0.4 is 10.4 Å². The number of fused-ring (bicyclic) bond motifs is 2. The van der Waals surface area contributed by atoms with Crippen molar-refractivity contribution in [3.63, 3.8) is 0 Å². The van der Waals surface area contributed by atoms with Crippen molar-refractivity contribution in [3.05, 3.63) is 40.4 Å². The highest BCUT2D eigenvalue weighted by Crippen LogP contribution is 2.38. The Bertz CT molecular complexity index is 870. The molecule has 0 saturated heterocycles. The Hall–Kier alpha value is -2.02. The fourth-order valence-corrected chi connectivity index (χ4v) is 2.67. The third-order valence-electron chi connectivity index (χ3n) is 3.68. The second kappa shape index (κ2) is 7.04. The lowest BCUT2D eigenvalue weighted by Crippen LogP contribution is -2.21. The number of ether oxygens (including phenoxy) is 1. The third-order valence-corrected chi connectivity index (χ3v) is 3.68. The number of benzene rings is 1. The molecule has 3 aromatic rings. The molecule has 1 aromatic carbocycles. The fraction of sp³-hybridized carbons (Fsp3) is 0.312. The maximum absolute atomic E-state index is 11.6. The first kappa shape index (κ1) is 17.3. The lowest BCUT2D eigenvalue weighted by atomic mass is 10.0. The standard InChI is InChI=1S/C16H17NO5.ClH/c1-17(6-7-18)9-12-10-3-4-13(19)22-15(10)16(20-2)14-11(12)5-8-21-14;/h3-5,8,18H,6-7,9H2,1-2H3;1H. The van der Waals surface area contributed by atoms with Gasteiger partial charge < -0.3 is 18.7 Å². The van der Waals surface area contributed by atoms with Crippen LogP contribution >= 0.6 is 12.4 Å². The summed E-state index contributed by atoms with van der Waals surface area (Å²) in [5.74, 6) is 0.418. The van der Waals surface area contributed by atoms with E-state index < -0.39 is 5.63 Å². The van der Waals surface area contributed by atoms with Gasteiger partial charge in [0.2, 0.25) is 5.75 Å². The predicted octanol–water partition coefficient (Wildman–Crippen LogP) is 2.39. The Kier molecular flexibility index (Phi) is 5.30. The highest BCUT2D eigenvalue weighted by atomic mass is 35.5. The van der Waals surface area contributed by atoms with Crippen molar-refractivity contribution in [1.82, 2.24) is 4.90 Å². The molecule has 0 unspecified atom stereocenters. The van der Waals surface area contributed by atoms with Crippen LogP contribution in [0.5, 0.6) is 5.75 Å². The molecule has 0 radical (unpaired) electrons. The maximum atomic E-state index is 11.6. The number of methoxy groups -OCH3 is 1. The van der Waals surface area contributed by atoms with E-state index in [-0.39, 0.29) is 19.0 Å². The van der Waals surface area contributed by atoms with Crippen LogP contribution in [0.2, 0.25) is 0 Å². The molecule has 0 aliphatic carbocycles. The number of rotatable bonds is 5. The van der Waals surface area contributed by atoms with Gasteiger partial charge in [0.15, 0.2) is 11.2 Å². The molecule has 1 N–H and O–H groups in total. The van der Waals surface area contributed by atoms with Crippen LogP contribution in [0.15, 0.2) is 38.1 Å². The second-order valence-electron chi connectivity index (χ2n) is 5.13. The van der Waals surface area contributed by atoms with Gasteiger partial charge in [0.25, 0.3) is 0 Å². The van der Waals surface area contributed by atoms with Crippen molar-refractivity contribution in [2.24, 2.45) is 0 Å². The molecule has 2 heterocycles. The summed E-state index contributed by atoms with van der Waals surface area (Å²) in [5.41, 5.74) is 1.47. The summed E-state index contributed by atoms with van der Waals surface area (Å²) in [5, 5.41) is 10.8. The van der Waals surface area contributed by atoms with Crippen molar-refractivity contribution >= 4 is 34.3 Å². The Morgan fingerprint density at radius 2 is 1.96 bits per heavy atom. The molecule has 124 valence electrons. The minimum Gasteiger partial charge on any atom is -0.490 e. The van der Waals surface area contributed by atoms with Crippen LogP contribution in [0.4, 0.5) is 0 Å². The number of hydrogen-bond donors (Lipinski definition) is 1. The molecule has 0 atom stereocenters. The zero-order valence-corrected chi connectivity index (χ0v) is 13.7. The van der Waals surface area contributed by atoms with Gasteiger partial charge >= 0.3 is 5.63 Å². The van der Waals surface area contributed by atoms with E-state index in [1.54, 1.807) is 12.3 Å². The second-order valence-corrected chi connectivity index (χ2v) is 5.13. The first-order valence-corrected chi connectivity index (χ1v) is 6.95. The summed E-state index contributed by atoms with van der Waals surface area (Å²) in [6, 6.07) is 4.99. The van der Waals surface area contributed by atoms with E-state index in [4.69, 9.17) is 18.7 Å². The molecule has 0 aliphatic rings. The molecule has 3 rings (SSSR count). The molecular formula is C16H18ClNO5. The minimum absolute atomic E-state index is 0. The van der Waals surface area contributed by atoms with Crippen molar-refractivity contribution in [2.45, 2.75) is 6.54 Å². The van der Waals surface area contributed by atoms with E-state index in [1.165, 1.54) is 13.2 Å². The topological polar surface area (TPSA) is 76.1 Å². The monoisotopic (exact) mass is 339 g/mol. The third kappa shape index (κ3) is 3.06. The number of aliphatic hydroxyl groups is 1. The molecule has 0 spiro atoms. The molecule has 0 amide bonds. The molecule has 0 aliphatic heterocycles. The van der Waals surface area contributed by atoms with E-state index in [2.05, 4.69) is 0 Å². The van der Waals surface area contributed by atoms with E-state index in [0.29, 0.717) is 30.0 Å². The van der Waals surface area contributed by atoms with Crippen molar-refractivity contribution < 1.29 is 18.7 Å². The van der Waals surface area contributed by atoms with Crippen LogP contribution in [0, 0.1) is 0 Å². The quantitative estimate of drug-likeness (QED) is 0.719. The number of furan rings is 1. The van der Waals surface area contributed by atoms with Crippen LogP contribution in [0.3, 0.4) is 0 Å². The van der Waals surface area contributed by atoms with Gasteiger partial charge in [0.1, 0.15) is 0 Å². The Balaban J connectivity index is 0.00000192. The SMILES string of the molecule is COc1c2occc2c(CN(C)CCO)c2ccc(=O)oc12.Cl. The number of nitrogens with zero attached hydrogens (tertiary/aromatic N) is 1. The fourth-order valence-electron chi connectivity index (χ4n) is 2.67. The molecular weight excluding hydrogens is 322 g/mol. The smallest absolute Gasteiger partial charge is 0.336 e. The molecule has 23 heavy (non-hydrogen) atoms. The average Bonchev–Trinajstić information content (AvgIpc) is 2.96. The number of hydrogen-bond acceptors (Lipinski definition) is 6. The maximum Gasteiger partial charge on any atom is 0.336 e. The summed E-state index contributed by atoms with van der Waals surface area (Å²) in [6.45, 7) is 1.21. The van der Waals surface area contributed by atoms with Gasteiger partial charge in [-0.3, -0.25) is 4.90 Å². The summed E-state index contributed by atoms with van der Waals surface area (Å²) in [6.07, 6.45) is 1.58. The van der Waals surface area contributed by atoms with Gasteiger partial charge in [0, 0.05) is 29.9 Å². The van der Waals surface area contributed by atoms with Gasteiger partial charge in [-0.25, -0.2) is 4.79 Å². The Labute approximate surface area is 138 Å². The highest BCUT2D eigenvalue weighted by Gasteiger charge is 2.19. The summed E-state index contributed by atoms with van der Waals surface area (Å²) >= 11 is 0. The molecule has 0 saturated carbocycles. The number of halogens is 1. The van der Waals surface area contributed by atoms with Crippen molar-refractivity contribution in [1.29, 1.82) is 0 Å². The molecule has 2 aromatic heterocycles. The summed E-state index contributed by atoms with van der Waals surface area (Å²) < 4.78 is 16.2. The molecule has 7 heteroatoms. The van der Waals surface area contributed by atoms with Crippen LogP contribution in [-0.2, 0) is 6.54 Å². The van der Waals surface area contributed by atoms with Crippen LogP contribution in [0.1, 0.15) is 5.56 Å². The zero-order valence-electron chi connectivity index (χ0n) is 12.9. The Morgan fingerprint density at radius 1 is 1.22 bits per heavy atom. The average molecular weight is 340 g/mol. The van der Waals surface area contributed by atoms with Crippen LogP contribution in [-0.4, -0.2) is 37.3 Å². The first-order chi connectivity index (χ1) is 10.7.